The summed E-state index contributed by atoms with van der Waals surface area (Å²) in [5.74, 6) is 0. The molecular weight excluding hydrogens is 172 g/mol. The number of thiol groups is 1. The molecule has 1 aromatic carbocycles. The van der Waals surface area contributed by atoms with Crippen molar-refractivity contribution in [2.45, 2.75) is 11.8 Å². The van der Waals surface area contributed by atoms with E-state index in [0.717, 1.165) is 4.90 Å². The van der Waals surface area contributed by atoms with Crippen LogP contribution in [0.15, 0.2) is 28.5 Å². The zero-order chi connectivity index (χ0) is 7.84. The highest BCUT2D eigenvalue weighted by atomic mass is 32.1. The largest absolute Gasteiger partial charge is 0.143 e. The van der Waals surface area contributed by atoms with Crippen LogP contribution in [-0.4, -0.2) is 0 Å². The first-order valence-electron chi connectivity index (χ1n) is 3.44. The summed E-state index contributed by atoms with van der Waals surface area (Å²) in [5, 5.41) is 3.35. The van der Waals surface area contributed by atoms with Crippen LogP contribution in [-0.2, 0) is 0 Å². The molecule has 0 aliphatic carbocycles. The summed E-state index contributed by atoms with van der Waals surface area (Å²) in [5.41, 5.74) is 1.30. The third-order valence-electron chi connectivity index (χ3n) is 1.71. The molecule has 1 heterocycles. The van der Waals surface area contributed by atoms with Crippen LogP contribution in [0.25, 0.3) is 10.1 Å². The minimum absolute atomic E-state index is 1.09. The number of hydrogen-bond acceptors (Lipinski definition) is 2. The first kappa shape index (κ1) is 7.19. The van der Waals surface area contributed by atoms with Gasteiger partial charge in [0.15, 0.2) is 0 Å². The van der Waals surface area contributed by atoms with Crippen molar-refractivity contribution in [2.75, 3.05) is 0 Å². The Morgan fingerprint density at radius 3 is 3.00 bits per heavy atom. The first-order chi connectivity index (χ1) is 5.27. The van der Waals surface area contributed by atoms with Crippen molar-refractivity contribution in [1.29, 1.82) is 0 Å². The Kier molecular flexibility index (Phi) is 1.66. The van der Waals surface area contributed by atoms with Gasteiger partial charge in [0.2, 0.25) is 0 Å². The third-order valence-corrected chi connectivity index (χ3v) is 3.22. The van der Waals surface area contributed by atoms with Crippen molar-refractivity contribution < 1.29 is 0 Å². The van der Waals surface area contributed by atoms with Gasteiger partial charge in [-0.2, -0.15) is 0 Å². The van der Waals surface area contributed by atoms with Crippen molar-refractivity contribution in [1.82, 2.24) is 0 Å². The molecule has 0 unspecified atom stereocenters. The van der Waals surface area contributed by atoms with E-state index in [0.29, 0.717) is 0 Å². The molecule has 0 spiro atoms. The van der Waals surface area contributed by atoms with Gasteiger partial charge in [0.1, 0.15) is 0 Å². The van der Waals surface area contributed by atoms with Gasteiger partial charge in [0, 0.05) is 20.4 Å². The number of fused-ring (bicyclic) bond motifs is 1. The summed E-state index contributed by atoms with van der Waals surface area (Å²) in [6.45, 7) is 2.10. The number of hydrogen-bond donors (Lipinski definition) is 1. The zero-order valence-corrected chi connectivity index (χ0v) is 7.88. The molecule has 0 amide bonds. The molecule has 0 fully saturated rings. The fourth-order valence-corrected chi connectivity index (χ4v) is 2.36. The summed E-state index contributed by atoms with van der Waals surface area (Å²) >= 11 is 6.11. The van der Waals surface area contributed by atoms with Crippen LogP contribution in [0.3, 0.4) is 0 Å². The van der Waals surface area contributed by atoms with Gasteiger partial charge >= 0.3 is 0 Å². The molecule has 0 nitrogen and oxygen atoms in total. The fraction of sp³-hybridized carbons (Fsp3) is 0.111. The monoisotopic (exact) mass is 180 g/mol. The van der Waals surface area contributed by atoms with E-state index in [9.17, 15) is 0 Å². The average Bonchev–Trinajstić information content (AvgIpc) is 2.33. The summed E-state index contributed by atoms with van der Waals surface area (Å²) in [6, 6.07) is 6.45. The second-order valence-electron chi connectivity index (χ2n) is 2.62. The molecule has 0 N–H and O–H groups in total. The quantitative estimate of drug-likeness (QED) is 0.589. The van der Waals surface area contributed by atoms with Crippen LogP contribution in [0.4, 0.5) is 0 Å². The predicted octanol–water partition coefficient (Wildman–Crippen LogP) is 3.50. The molecule has 11 heavy (non-hydrogen) atoms. The Labute approximate surface area is 75.3 Å². The lowest BCUT2D eigenvalue weighted by molar-refractivity contribution is 1.50. The lowest BCUT2D eigenvalue weighted by Crippen LogP contribution is -1.69. The maximum atomic E-state index is 4.36. The van der Waals surface area contributed by atoms with Gasteiger partial charge in [0.05, 0.1) is 0 Å². The fourth-order valence-electron chi connectivity index (χ4n) is 1.13. The Morgan fingerprint density at radius 1 is 1.36 bits per heavy atom. The Hall–Kier alpha value is -0.470. The summed E-state index contributed by atoms with van der Waals surface area (Å²) < 4.78 is 1.32. The van der Waals surface area contributed by atoms with Crippen molar-refractivity contribution in [3.05, 3.63) is 29.1 Å². The number of thiophene rings is 1. The smallest absolute Gasteiger partial charge is 0.0354 e. The maximum absolute atomic E-state index is 4.36. The van der Waals surface area contributed by atoms with E-state index >= 15 is 0 Å². The van der Waals surface area contributed by atoms with Crippen LogP contribution in [0.2, 0.25) is 0 Å². The molecule has 0 saturated heterocycles. The zero-order valence-electron chi connectivity index (χ0n) is 6.16. The molecule has 0 bridgehead atoms. The Bertz CT molecular complexity index is 387. The summed E-state index contributed by atoms with van der Waals surface area (Å²) in [6.07, 6.45) is 0. The highest BCUT2D eigenvalue weighted by Gasteiger charge is 1.98. The van der Waals surface area contributed by atoms with Crippen molar-refractivity contribution in [3.8, 4) is 0 Å². The molecule has 1 aromatic heterocycles. The van der Waals surface area contributed by atoms with E-state index in [4.69, 9.17) is 0 Å². The summed E-state index contributed by atoms with van der Waals surface area (Å²) in [7, 11) is 0. The molecule has 2 heteroatoms. The van der Waals surface area contributed by atoms with E-state index < -0.39 is 0 Å². The van der Waals surface area contributed by atoms with Crippen LogP contribution in [0.1, 0.15) is 5.56 Å². The van der Waals surface area contributed by atoms with E-state index in [-0.39, 0.29) is 0 Å². The van der Waals surface area contributed by atoms with Crippen molar-refractivity contribution in [3.63, 3.8) is 0 Å². The maximum Gasteiger partial charge on any atom is 0.0354 e. The van der Waals surface area contributed by atoms with Crippen LogP contribution in [0.5, 0.6) is 0 Å². The molecule has 0 aliphatic rings. The Balaban J connectivity index is 2.87. The normalized spacial score (nSPS) is 10.7. The van der Waals surface area contributed by atoms with Gasteiger partial charge in [-0.1, -0.05) is 11.6 Å². The number of rotatable bonds is 0. The van der Waals surface area contributed by atoms with Crippen LogP contribution < -0.4 is 0 Å². The molecule has 2 rings (SSSR count). The van der Waals surface area contributed by atoms with Gasteiger partial charge in [-0.15, -0.1) is 24.0 Å². The molecule has 0 aliphatic heterocycles. The lowest BCUT2D eigenvalue weighted by Gasteiger charge is -1.92. The van der Waals surface area contributed by atoms with E-state index in [1.165, 1.54) is 15.6 Å². The predicted molar refractivity (Wildman–Crippen MR) is 53.8 cm³/mol. The minimum Gasteiger partial charge on any atom is -0.143 e. The van der Waals surface area contributed by atoms with Crippen LogP contribution in [0, 0.1) is 6.92 Å². The highest BCUT2D eigenvalue weighted by molar-refractivity contribution is 7.80. The SMILES string of the molecule is Cc1ccc2scc(S)c2c1. The molecule has 0 saturated carbocycles. The average molecular weight is 180 g/mol. The van der Waals surface area contributed by atoms with E-state index in [1.807, 2.05) is 0 Å². The van der Waals surface area contributed by atoms with Gasteiger partial charge in [-0.3, -0.25) is 0 Å². The van der Waals surface area contributed by atoms with Crippen molar-refractivity contribution in [2.24, 2.45) is 0 Å². The Morgan fingerprint density at radius 2 is 2.18 bits per heavy atom. The second kappa shape index (κ2) is 2.54. The molecule has 2 aromatic rings. The van der Waals surface area contributed by atoms with E-state index in [2.05, 4.69) is 43.1 Å². The van der Waals surface area contributed by atoms with Gasteiger partial charge in [-0.05, 0) is 19.1 Å². The van der Waals surface area contributed by atoms with Crippen molar-refractivity contribution >= 4 is 34.1 Å². The second-order valence-corrected chi connectivity index (χ2v) is 4.01. The van der Waals surface area contributed by atoms with Crippen LogP contribution >= 0.6 is 24.0 Å². The first-order valence-corrected chi connectivity index (χ1v) is 4.77. The number of aryl methyl sites for hydroxylation is 1. The molecular formula is C9H8S2. The standard InChI is InChI=1S/C9H8S2/c1-6-2-3-9-7(4-6)8(10)5-11-9/h2-5,10H,1H3. The van der Waals surface area contributed by atoms with E-state index in [1.54, 1.807) is 11.3 Å². The molecule has 56 valence electrons. The topological polar surface area (TPSA) is 0 Å². The third kappa shape index (κ3) is 1.17. The molecule has 0 atom stereocenters. The van der Waals surface area contributed by atoms with Gasteiger partial charge in [0.25, 0.3) is 0 Å². The summed E-state index contributed by atoms with van der Waals surface area (Å²) in [4.78, 5) is 1.09. The lowest BCUT2D eigenvalue weighted by atomic mass is 10.2. The molecule has 0 radical (unpaired) electrons. The van der Waals surface area contributed by atoms with Gasteiger partial charge < -0.3 is 0 Å². The minimum atomic E-state index is 1.09. The van der Waals surface area contributed by atoms with Gasteiger partial charge in [-0.25, -0.2) is 0 Å². The highest BCUT2D eigenvalue weighted by Crippen LogP contribution is 2.28. The number of benzene rings is 1.